The normalized spacial score (nSPS) is 10.3. The highest BCUT2D eigenvalue weighted by molar-refractivity contribution is 6.39. The van der Waals surface area contributed by atoms with E-state index in [0.717, 1.165) is 0 Å². The Bertz CT molecular complexity index is 687. The fraction of sp³-hybridized carbons (Fsp3) is 0.188. The Morgan fingerprint density at radius 2 is 1.83 bits per heavy atom. The molecule has 1 amide bonds. The monoisotopic (exact) mass is 372 g/mol. The van der Waals surface area contributed by atoms with Crippen molar-refractivity contribution in [2.24, 2.45) is 0 Å². The molecule has 0 radical (unpaired) electrons. The summed E-state index contributed by atoms with van der Waals surface area (Å²) in [5.41, 5.74) is 1.14. The van der Waals surface area contributed by atoms with Gasteiger partial charge in [-0.05, 0) is 30.3 Å². The lowest BCUT2D eigenvalue weighted by Gasteiger charge is -2.12. The molecule has 2 aromatic carbocycles. The summed E-state index contributed by atoms with van der Waals surface area (Å²) in [6, 6.07) is 10.2. The van der Waals surface area contributed by atoms with Crippen molar-refractivity contribution in [3.63, 3.8) is 0 Å². The van der Waals surface area contributed by atoms with Gasteiger partial charge in [0.05, 0.1) is 28.5 Å². The number of methoxy groups -OCH3 is 1. The van der Waals surface area contributed by atoms with Crippen LogP contribution in [0.2, 0.25) is 15.1 Å². The minimum Gasteiger partial charge on any atom is -0.495 e. The van der Waals surface area contributed by atoms with Crippen LogP contribution in [-0.4, -0.2) is 19.6 Å². The molecule has 0 aliphatic heterocycles. The van der Waals surface area contributed by atoms with Gasteiger partial charge in [0.15, 0.2) is 0 Å². The fourth-order valence-corrected chi connectivity index (χ4v) is 2.66. The summed E-state index contributed by atoms with van der Waals surface area (Å²) in [4.78, 5) is 12.0. The molecule has 0 aliphatic carbocycles. The first-order valence-electron chi connectivity index (χ1n) is 6.82. The Hall–Kier alpha value is -1.62. The van der Waals surface area contributed by atoms with E-state index in [0.29, 0.717) is 38.7 Å². The van der Waals surface area contributed by atoms with Crippen molar-refractivity contribution >= 4 is 52.1 Å². The smallest absolute Gasteiger partial charge is 0.226 e. The van der Waals surface area contributed by atoms with Crippen LogP contribution in [0.4, 0.5) is 11.4 Å². The predicted octanol–water partition coefficient (Wildman–Crippen LogP) is 5.10. The Kier molecular flexibility index (Phi) is 6.39. The maximum absolute atomic E-state index is 12.0. The number of para-hydroxylation sites is 1. The molecule has 0 aliphatic rings. The summed E-state index contributed by atoms with van der Waals surface area (Å²) in [5, 5.41) is 7.35. The molecule has 0 saturated heterocycles. The second kappa shape index (κ2) is 8.29. The largest absolute Gasteiger partial charge is 0.495 e. The molecule has 23 heavy (non-hydrogen) atoms. The third-order valence-corrected chi connectivity index (χ3v) is 3.92. The molecule has 2 N–H and O–H groups in total. The van der Waals surface area contributed by atoms with Crippen molar-refractivity contribution in [3.8, 4) is 5.75 Å². The van der Waals surface area contributed by atoms with Crippen LogP contribution < -0.4 is 15.4 Å². The van der Waals surface area contributed by atoms with E-state index in [2.05, 4.69) is 10.6 Å². The van der Waals surface area contributed by atoms with Gasteiger partial charge in [0, 0.05) is 18.0 Å². The van der Waals surface area contributed by atoms with Gasteiger partial charge >= 0.3 is 0 Å². The van der Waals surface area contributed by atoms with Crippen LogP contribution >= 0.6 is 34.8 Å². The van der Waals surface area contributed by atoms with Crippen molar-refractivity contribution < 1.29 is 9.53 Å². The molecule has 0 heterocycles. The molecule has 4 nitrogen and oxygen atoms in total. The standard InChI is InChI=1S/C16H15Cl3N2O2/c1-23-14-6-5-10(17)9-13(14)21-15(22)7-8-20-16-11(18)3-2-4-12(16)19/h2-6,9,20H,7-8H2,1H3,(H,21,22). The Balaban J connectivity index is 1.92. The highest BCUT2D eigenvalue weighted by atomic mass is 35.5. The minimum atomic E-state index is -0.179. The van der Waals surface area contributed by atoms with Gasteiger partial charge in [-0.25, -0.2) is 0 Å². The number of carbonyl (C=O) groups excluding carboxylic acids is 1. The number of anilines is 2. The van der Waals surface area contributed by atoms with E-state index in [9.17, 15) is 4.79 Å². The van der Waals surface area contributed by atoms with E-state index in [1.807, 2.05) is 0 Å². The van der Waals surface area contributed by atoms with Crippen molar-refractivity contribution in [3.05, 3.63) is 51.5 Å². The molecule has 0 atom stereocenters. The van der Waals surface area contributed by atoms with Crippen LogP contribution in [0.3, 0.4) is 0 Å². The molecule has 0 fully saturated rings. The zero-order chi connectivity index (χ0) is 16.8. The lowest BCUT2D eigenvalue weighted by Crippen LogP contribution is -2.17. The minimum absolute atomic E-state index is 0.179. The average molecular weight is 374 g/mol. The number of nitrogens with one attached hydrogen (secondary N) is 2. The molecule has 2 rings (SSSR count). The Morgan fingerprint density at radius 1 is 1.13 bits per heavy atom. The van der Waals surface area contributed by atoms with Crippen molar-refractivity contribution in [1.82, 2.24) is 0 Å². The summed E-state index contributed by atoms with van der Waals surface area (Å²) in [6.07, 6.45) is 0.233. The van der Waals surface area contributed by atoms with Gasteiger partial charge in [-0.1, -0.05) is 40.9 Å². The van der Waals surface area contributed by atoms with Gasteiger partial charge in [0.2, 0.25) is 5.91 Å². The molecule has 122 valence electrons. The van der Waals surface area contributed by atoms with E-state index in [1.54, 1.807) is 36.4 Å². The summed E-state index contributed by atoms with van der Waals surface area (Å²) < 4.78 is 5.18. The van der Waals surface area contributed by atoms with Crippen LogP contribution in [-0.2, 0) is 4.79 Å². The number of rotatable bonds is 6. The van der Waals surface area contributed by atoms with E-state index >= 15 is 0 Å². The number of amides is 1. The van der Waals surface area contributed by atoms with E-state index in [1.165, 1.54) is 7.11 Å². The molecule has 2 aromatic rings. The van der Waals surface area contributed by atoms with Crippen LogP contribution in [0.1, 0.15) is 6.42 Å². The van der Waals surface area contributed by atoms with Gasteiger partial charge in [-0.15, -0.1) is 0 Å². The third kappa shape index (κ3) is 4.93. The van der Waals surface area contributed by atoms with Crippen molar-refractivity contribution in [1.29, 1.82) is 0 Å². The van der Waals surface area contributed by atoms with Gasteiger partial charge in [-0.2, -0.15) is 0 Å². The van der Waals surface area contributed by atoms with Crippen molar-refractivity contribution in [2.45, 2.75) is 6.42 Å². The molecule has 0 spiro atoms. The second-order valence-electron chi connectivity index (χ2n) is 4.67. The van der Waals surface area contributed by atoms with Gasteiger partial charge in [-0.3, -0.25) is 4.79 Å². The molecule has 0 saturated carbocycles. The Morgan fingerprint density at radius 3 is 2.48 bits per heavy atom. The summed E-state index contributed by atoms with van der Waals surface area (Å²) in [7, 11) is 1.53. The molecule has 7 heteroatoms. The van der Waals surface area contributed by atoms with Crippen LogP contribution in [0.25, 0.3) is 0 Å². The number of carbonyl (C=O) groups is 1. The lowest BCUT2D eigenvalue weighted by atomic mass is 10.2. The van der Waals surface area contributed by atoms with Gasteiger partial charge < -0.3 is 15.4 Å². The van der Waals surface area contributed by atoms with Crippen LogP contribution in [0, 0.1) is 0 Å². The van der Waals surface area contributed by atoms with E-state index in [4.69, 9.17) is 39.5 Å². The first-order valence-corrected chi connectivity index (χ1v) is 7.96. The number of benzene rings is 2. The van der Waals surface area contributed by atoms with Gasteiger partial charge in [0.25, 0.3) is 0 Å². The summed E-state index contributed by atoms with van der Waals surface area (Å²) >= 11 is 18.0. The highest BCUT2D eigenvalue weighted by Gasteiger charge is 2.09. The number of halogens is 3. The first-order chi connectivity index (χ1) is 11.0. The molecular weight excluding hydrogens is 359 g/mol. The quantitative estimate of drug-likeness (QED) is 0.741. The average Bonchev–Trinajstić information content (AvgIpc) is 2.50. The van der Waals surface area contributed by atoms with Crippen LogP contribution in [0.15, 0.2) is 36.4 Å². The number of hydrogen-bond acceptors (Lipinski definition) is 3. The van der Waals surface area contributed by atoms with Gasteiger partial charge in [0.1, 0.15) is 5.75 Å². The lowest BCUT2D eigenvalue weighted by molar-refractivity contribution is -0.115. The highest BCUT2D eigenvalue weighted by Crippen LogP contribution is 2.30. The first kappa shape index (κ1) is 17.7. The fourth-order valence-electron chi connectivity index (χ4n) is 1.96. The topological polar surface area (TPSA) is 50.4 Å². The van der Waals surface area contributed by atoms with Crippen LogP contribution in [0.5, 0.6) is 5.75 Å². The SMILES string of the molecule is COc1ccc(Cl)cc1NC(=O)CCNc1c(Cl)cccc1Cl. The van der Waals surface area contributed by atoms with E-state index < -0.39 is 0 Å². The van der Waals surface area contributed by atoms with E-state index in [-0.39, 0.29) is 12.3 Å². The zero-order valence-corrected chi connectivity index (χ0v) is 14.6. The summed E-state index contributed by atoms with van der Waals surface area (Å²) in [5.74, 6) is 0.367. The number of ether oxygens (including phenoxy) is 1. The third-order valence-electron chi connectivity index (χ3n) is 3.05. The second-order valence-corrected chi connectivity index (χ2v) is 5.92. The van der Waals surface area contributed by atoms with Crippen molar-refractivity contribution in [2.75, 3.05) is 24.3 Å². The molecule has 0 unspecified atom stereocenters. The zero-order valence-electron chi connectivity index (χ0n) is 12.3. The molecule has 0 bridgehead atoms. The Labute approximate surface area is 149 Å². The number of hydrogen-bond donors (Lipinski definition) is 2. The summed E-state index contributed by atoms with van der Waals surface area (Å²) in [6.45, 7) is 0.387. The maximum atomic E-state index is 12.0. The molecule has 0 aromatic heterocycles. The maximum Gasteiger partial charge on any atom is 0.226 e. The molecular formula is C16H15Cl3N2O2. The predicted molar refractivity (Wildman–Crippen MR) is 96.2 cm³/mol.